The molecule has 2 atom stereocenters. The van der Waals surface area contributed by atoms with E-state index in [0.717, 1.165) is 6.07 Å². The Morgan fingerprint density at radius 1 is 1.33 bits per heavy atom. The van der Waals surface area contributed by atoms with Crippen LogP contribution in [0.25, 0.3) is 0 Å². The van der Waals surface area contributed by atoms with Crippen molar-refractivity contribution in [1.82, 2.24) is 5.32 Å². The Labute approximate surface area is 119 Å². The predicted octanol–water partition coefficient (Wildman–Crippen LogP) is 0.637. The van der Waals surface area contributed by atoms with Crippen LogP contribution < -0.4 is 10.1 Å². The van der Waals surface area contributed by atoms with Crippen LogP contribution in [-0.2, 0) is 14.4 Å². The Kier molecular flexibility index (Phi) is 5.65. The molecule has 3 N–H and O–H groups in total. The predicted molar refractivity (Wildman–Crippen MR) is 68.3 cm³/mol. The van der Waals surface area contributed by atoms with Gasteiger partial charge in [-0.1, -0.05) is 6.07 Å². The first-order valence-electron chi connectivity index (χ1n) is 5.96. The molecule has 1 amide bonds. The highest BCUT2D eigenvalue weighted by Gasteiger charge is 2.26. The molecule has 1 aromatic rings. The number of carboxylic acids is 2. The van der Waals surface area contributed by atoms with Crippen LogP contribution >= 0.6 is 0 Å². The van der Waals surface area contributed by atoms with Gasteiger partial charge in [0, 0.05) is 6.07 Å². The Balaban J connectivity index is 2.64. The van der Waals surface area contributed by atoms with Crippen molar-refractivity contribution in [3.05, 3.63) is 30.1 Å². The molecule has 7 nitrogen and oxygen atoms in total. The van der Waals surface area contributed by atoms with Crippen molar-refractivity contribution in [2.75, 3.05) is 0 Å². The quantitative estimate of drug-likeness (QED) is 0.681. The van der Waals surface area contributed by atoms with Gasteiger partial charge in [0.25, 0.3) is 5.91 Å². The molecular formula is C13H14FNO6. The van der Waals surface area contributed by atoms with Crippen LogP contribution in [0.15, 0.2) is 24.3 Å². The Bertz CT molecular complexity index is 547. The maximum Gasteiger partial charge on any atom is 0.326 e. The van der Waals surface area contributed by atoms with Gasteiger partial charge in [0.15, 0.2) is 6.10 Å². The summed E-state index contributed by atoms with van der Waals surface area (Å²) in [5.74, 6) is -4.09. The third kappa shape index (κ3) is 5.47. The van der Waals surface area contributed by atoms with Crippen LogP contribution in [-0.4, -0.2) is 40.2 Å². The standard InChI is InChI=1S/C13H14FNO6/c1-7(21-9-4-2-3-8(14)5-9)12(18)15-10(13(19)20)6-11(16)17/h2-5,7,10H,6H2,1H3,(H,15,18)(H,16,17)(H,19,20). The van der Waals surface area contributed by atoms with Crippen molar-refractivity contribution in [3.8, 4) is 5.75 Å². The number of nitrogens with one attached hydrogen (secondary N) is 1. The molecule has 0 radical (unpaired) electrons. The van der Waals surface area contributed by atoms with Crippen molar-refractivity contribution >= 4 is 17.8 Å². The van der Waals surface area contributed by atoms with E-state index in [1.54, 1.807) is 0 Å². The van der Waals surface area contributed by atoms with E-state index in [9.17, 15) is 18.8 Å². The van der Waals surface area contributed by atoms with Crippen LogP contribution in [0.4, 0.5) is 4.39 Å². The highest BCUT2D eigenvalue weighted by molar-refractivity contribution is 5.88. The lowest BCUT2D eigenvalue weighted by atomic mass is 10.2. The van der Waals surface area contributed by atoms with Crippen molar-refractivity contribution in [2.45, 2.75) is 25.5 Å². The third-order valence-corrected chi connectivity index (χ3v) is 2.47. The highest BCUT2D eigenvalue weighted by atomic mass is 19.1. The molecule has 8 heteroatoms. The molecule has 0 spiro atoms. The van der Waals surface area contributed by atoms with Gasteiger partial charge in [-0.05, 0) is 19.1 Å². The average Bonchev–Trinajstić information content (AvgIpc) is 2.37. The summed E-state index contributed by atoms with van der Waals surface area (Å²) < 4.78 is 18.1. The van der Waals surface area contributed by atoms with Gasteiger partial charge in [-0.15, -0.1) is 0 Å². The second kappa shape index (κ2) is 7.22. The van der Waals surface area contributed by atoms with Gasteiger partial charge in [0.05, 0.1) is 6.42 Å². The molecule has 0 aliphatic carbocycles. The number of benzene rings is 1. The monoisotopic (exact) mass is 299 g/mol. The van der Waals surface area contributed by atoms with Crippen molar-refractivity contribution < 1.29 is 33.7 Å². The lowest BCUT2D eigenvalue weighted by molar-refractivity contribution is -0.147. The Morgan fingerprint density at radius 3 is 2.52 bits per heavy atom. The highest BCUT2D eigenvalue weighted by Crippen LogP contribution is 2.13. The van der Waals surface area contributed by atoms with Crippen LogP contribution in [0.5, 0.6) is 5.75 Å². The largest absolute Gasteiger partial charge is 0.481 e. The molecule has 2 unspecified atom stereocenters. The minimum atomic E-state index is -1.56. The Hall–Kier alpha value is -2.64. The molecule has 0 fully saturated rings. The summed E-state index contributed by atoms with van der Waals surface area (Å²) in [6.07, 6.45) is -1.87. The topological polar surface area (TPSA) is 113 Å². The first kappa shape index (κ1) is 16.4. The number of amides is 1. The summed E-state index contributed by atoms with van der Waals surface area (Å²) in [4.78, 5) is 33.1. The zero-order valence-electron chi connectivity index (χ0n) is 11.1. The first-order valence-corrected chi connectivity index (χ1v) is 5.96. The molecule has 0 bridgehead atoms. The van der Waals surface area contributed by atoms with E-state index in [-0.39, 0.29) is 5.75 Å². The fraction of sp³-hybridized carbons (Fsp3) is 0.308. The second-order valence-electron chi connectivity index (χ2n) is 4.21. The van der Waals surface area contributed by atoms with E-state index in [1.165, 1.54) is 25.1 Å². The average molecular weight is 299 g/mol. The number of ether oxygens (including phenoxy) is 1. The Morgan fingerprint density at radius 2 is 2.00 bits per heavy atom. The van der Waals surface area contributed by atoms with E-state index in [1.807, 2.05) is 5.32 Å². The third-order valence-electron chi connectivity index (χ3n) is 2.47. The van der Waals surface area contributed by atoms with E-state index in [0.29, 0.717) is 0 Å². The van der Waals surface area contributed by atoms with Gasteiger partial charge in [-0.2, -0.15) is 0 Å². The molecule has 114 valence electrons. The molecule has 0 saturated carbocycles. The number of rotatable bonds is 7. The number of carbonyl (C=O) groups excluding carboxylic acids is 1. The fourth-order valence-corrected chi connectivity index (χ4v) is 1.46. The summed E-state index contributed by atoms with van der Waals surface area (Å²) in [6, 6.07) is 3.52. The molecule has 1 aromatic carbocycles. The zero-order valence-corrected chi connectivity index (χ0v) is 11.1. The minimum Gasteiger partial charge on any atom is -0.481 e. The van der Waals surface area contributed by atoms with Crippen LogP contribution in [0, 0.1) is 5.82 Å². The van der Waals surface area contributed by atoms with Gasteiger partial charge in [0.1, 0.15) is 17.6 Å². The number of halogens is 1. The number of carbonyl (C=O) groups is 3. The van der Waals surface area contributed by atoms with Crippen molar-refractivity contribution in [1.29, 1.82) is 0 Å². The molecule has 0 aliphatic heterocycles. The molecule has 0 heterocycles. The molecule has 0 aromatic heterocycles. The summed E-state index contributed by atoms with van der Waals surface area (Å²) in [6.45, 7) is 1.33. The molecule has 0 saturated heterocycles. The molecule has 1 rings (SSSR count). The van der Waals surface area contributed by atoms with E-state index < -0.39 is 42.2 Å². The lowest BCUT2D eigenvalue weighted by Gasteiger charge is -2.17. The minimum absolute atomic E-state index is 0.0998. The van der Waals surface area contributed by atoms with Crippen molar-refractivity contribution in [3.63, 3.8) is 0 Å². The smallest absolute Gasteiger partial charge is 0.326 e. The van der Waals surface area contributed by atoms with E-state index in [4.69, 9.17) is 14.9 Å². The van der Waals surface area contributed by atoms with Crippen LogP contribution in [0.2, 0.25) is 0 Å². The van der Waals surface area contributed by atoms with Crippen molar-refractivity contribution in [2.24, 2.45) is 0 Å². The van der Waals surface area contributed by atoms with Gasteiger partial charge < -0.3 is 20.3 Å². The second-order valence-corrected chi connectivity index (χ2v) is 4.21. The molecule has 0 aliphatic rings. The van der Waals surface area contributed by atoms with Gasteiger partial charge >= 0.3 is 11.9 Å². The van der Waals surface area contributed by atoms with Gasteiger partial charge in [-0.3, -0.25) is 9.59 Å². The first-order chi connectivity index (χ1) is 9.79. The SMILES string of the molecule is CC(Oc1cccc(F)c1)C(=O)NC(CC(=O)O)C(=O)O. The van der Waals surface area contributed by atoms with Gasteiger partial charge in [0.2, 0.25) is 0 Å². The summed E-state index contributed by atoms with van der Waals surface area (Å²) in [5.41, 5.74) is 0. The molecular weight excluding hydrogens is 285 g/mol. The zero-order chi connectivity index (χ0) is 16.0. The summed E-state index contributed by atoms with van der Waals surface area (Å²) in [7, 11) is 0. The lowest BCUT2D eigenvalue weighted by Crippen LogP contribution is -2.47. The normalized spacial score (nSPS) is 13.0. The van der Waals surface area contributed by atoms with Gasteiger partial charge in [-0.25, -0.2) is 9.18 Å². The number of hydrogen-bond acceptors (Lipinski definition) is 4. The van der Waals surface area contributed by atoms with E-state index >= 15 is 0 Å². The summed E-state index contributed by atoms with van der Waals surface area (Å²) in [5, 5.41) is 19.4. The van der Waals surface area contributed by atoms with E-state index in [2.05, 4.69) is 0 Å². The maximum atomic E-state index is 13.0. The number of carboxylic acid groups (broad SMARTS) is 2. The number of hydrogen-bond donors (Lipinski definition) is 3. The van der Waals surface area contributed by atoms with Crippen LogP contribution in [0.3, 0.4) is 0 Å². The fourth-order valence-electron chi connectivity index (χ4n) is 1.46. The maximum absolute atomic E-state index is 13.0. The van der Waals surface area contributed by atoms with Crippen LogP contribution in [0.1, 0.15) is 13.3 Å². The number of aliphatic carboxylic acids is 2. The molecule has 21 heavy (non-hydrogen) atoms. The summed E-state index contributed by atoms with van der Waals surface area (Å²) >= 11 is 0.